The fraction of sp³-hybridized carbons (Fsp3) is 0.800. The fourth-order valence-electron chi connectivity index (χ4n) is 1.01. The van der Waals surface area contributed by atoms with Gasteiger partial charge in [-0.1, -0.05) is 39.0 Å². The minimum Gasteiger partial charge on any atom is -1.00 e. The van der Waals surface area contributed by atoms with Gasteiger partial charge in [0.25, 0.3) is 0 Å². The maximum absolute atomic E-state index is 5.12. The first kappa shape index (κ1) is 13.7. The van der Waals surface area contributed by atoms with Crippen molar-refractivity contribution in [3.05, 3.63) is 0 Å². The van der Waals surface area contributed by atoms with Gasteiger partial charge >= 0.3 is 18.9 Å². The van der Waals surface area contributed by atoms with Crippen molar-refractivity contribution in [1.82, 2.24) is 0 Å². The molecule has 0 saturated carbocycles. The van der Waals surface area contributed by atoms with E-state index in [2.05, 4.69) is 12.8 Å². The smallest absolute Gasteiger partial charge is 1.00 e. The number of hydrogen-bond acceptors (Lipinski definition) is 0. The average molecular weight is 146 g/mol. The molecule has 0 spiro atoms. The molecule has 1 heteroatoms. The van der Waals surface area contributed by atoms with Gasteiger partial charge < -0.3 is 1.43 Å². The van der Waals surface area contributed by atoms with Crippen LogP contribution in [0.5, 0.6) is 0 Å². The molecule has 0 aromatic carbocycles. The van der Waals surface area contributed by atoms with Crippen LogP contribution < -0.4 is 18.9 Å². The summed E-state index contributed by atoms with van der Waals surface area (Å²) in [7, 11) is 0. The normalized spacial score (nSPS) is 8.36. The molecule has 0 rings (SSSR count). The van der Waals surface area contributed by atoms with E-state index in [1.807, 2.05) is 0 Å². The molecule has 0 unspecified atom stereocenters. The van der Waals surface area contributed by atoms with Gasteiger partial charge in [0.2, 0.25) is 0 Å². The van der Waals surface area contributed by atoms with Gasteiger partial charge in [-0.2, -0.15) is 0 Å². The Balaban J connectivity index is -0.000000405. The molecular weight excluding hydrogens is 127 g/mol. The molecule has 0 nitrogen and oxygen atoms in total. The van der Waals surface area contributed by atoms with Crippen molar-refractivity contribution in [1.29, 1.82) is 0 Å². The molecule has 0 saturated heterocycles. The maximum atomic E-state index is 5.12. The molecule has 0 aromatic heterocycles. The Morgan fingerprint density at radius 2 is 1.64 bits per heavy atom. The molecule has 60 valence electrons. The summed E-state index contributed by atoms with van der Waals surface area (Å²) in [5.74, 6) is 2.66. The summed E-state index contributed by atoms with van der Waals surface area (Å²) in [5.41, 5.74) is 0. The maximum Gasteiger partial charge on any atom is 1.00 e. The second-order valence-electron chi connectivity index (χ2n) is 2.72. The standard InChI is InChI=1S/C10H18.Li.H/c1-3-5-7-9-10-8-6-4-2;;/h1H,4-10H2,2H3;;/q;+1;-1. The van der Waals surface area contributed by atoms with E-state index in [1.165, 1.54) is 38.5 Å². The Kier molecular flexibility index (Phi) is 16.0. The summed E-state index contributed by atoms with van der Waals surface area (Å²) in [6, 6.07) is 0. The fourth-order valence-corrected chi connectivity index (χ4v) is 1.01. The van der Waals surface area contributed by atoms with Crippen LogP contribution in [0.15, 0.2) is 0 Å². The van der Waals surface area contributed by atoms with Gasteiger partial charge in [0, 0.05) is 6.42 Å². The molecule has 11 heavy (non-hydrogen) atoms. The Hall–Kier alpha value is 0.157. The van der Waals surface area contributed by atoms with Gasteiger partial charge in [0.05, 0.1) is 0 Å². The zero-order valence-electron chi connectivity index (χ0n) is 9.03. The average Bonchev–Trinajstić information content (AvgIpc) is 1.97. The minimum atomic E-state index is 0. The third kappa shape index (κ3) is 13.2. The summed E-state index contributed by atoms with van der Waals surface area (Å²) >= 11 is 0. The third-order valence-corrected chi connectivity index (χ3v) is 1.67. The van der Waals surface area contributed by atoms with Gasteiger partial charge in [0.1, 0.15) is 0 Å². The zero-order chi connectivity index (χ0) is 7.66. The topological polar surface area (TPSA) is 0 Å². The molecule has 0 aromatic rings. The predicted molar refractivity (Wildman–Crippen MR) is 47.9 cm³/mol. The molecular formula is C10H19Li. The molecule has 0 heterocycles. The summed E-state index contributed by atoms with van der Waals surface area (Å²) in [4.78, 5) is 0. The van der Waals surface area contributed by atoms with Crippen LogP contribution >= 0.6 is 0 Å². The second-order valence-corrected chi connectivity index (χ2v) is 2.72. The SMILES string of the molecule is C#CCCCCCCCC.[H-].[Li+]. The van der Waals surface area contributed by atoms with E-state index in [0.29, 0.717) is 0 Å². The minimum absolute atomic E-state index is 0. The molecule has 0 fully saturated rings. The Labute approximate surface area is 84.8 Å². The largest absolute Gasteiger partial charge is 1.00 e. The summed E-state index contributed by atoms with van der Waals surface area (Å²) in [6.07, 6.45) is 14.1. The Morgan fingerprint density at radius 1 is 1.09 bits per heavy atom. The molecule has 0 atom stereocenters. The van der Waals surface area contributed by atoms with Crippen LogP contribution in [-0.2, 0) is 0 Å². The van der Waals surface area contributed by atoms with Crippen LogP contribution in [0, 0.1) is 12.3 Å². The van der Waals surface area contributed by atoms with Gasteiger partial charge in [-0.3, -0.25) is 0 Å². The zero-order valence-corrected chi connectivity index (χ0v) is 8.03. The van der Waals surface area contributed by atoms with Crippen molar-refractivity contribution >= 4 is 0 Å². The van der Waals surface area contributed by atoms with Crippen LogP contribution in [-0.4, -0.2) is 0 Å². The van der Waals surface area contributed by atoms with Crippen LogP contribution in [0.1, 0.15) is 53.3 Å². The number of rotatable bonds is 6. The molecule has 0 aliphatic heterocycles. The molecule has 0 aliphatic rings. The van der Waals surface area contributed by atoms with Gasteiger partial charge in [-0.15, -0.1) is 12.3 Å². The number of unbranched alkanes of at least 4 members (excludes halogenated alkanes) is 6. The summed E-state index contributed by atoms with van der Waals surface area (Å²) in [5, 5.41) is 0. The summed E-state index contributed by atoms with van der Waals surface area (Å²) < 4.78 is 0. The van der Waals surface area contributed by atoms with E-state index >= 15 is 0 Å². The van der Waals surface area contributed by atoms with Crippen LogP contribution in [0.25, 0.3) is 0 Å². The van der Waals surface area contributed by atoms with Crippen LogP contribution in [0.2, 0.25) is 0 Å². The van der Waals surface area contributed by atoms with E-state index in [-0.39, 0.29) is 20.3 Å². The Bertz CT molecular complexity index is 96.5. The molecule has 0 aliphatic carbocycles. The van der Waals surface area contributed by atoms with E-state index < -0.39 is 0 Å². The first-order valence-corrected chi connectivity index (χ1v) is 4.35. The summed E-state index contributed by atoms with van der Waals surface area (Å²) in [6.45, 7) is 2.24. The monoisotopic (exact) mass is 146 g/mol. The molecule has 0 N–H and O–H groups in total. The predicted octanol–water partition coefficient (Wildman–Crippen LogP) is 0.487. The number of terminal acetylenes is 1. The van der Waals surface area contributed by atoms with Gasteiger partial charge in [-0.25, -0.2) is 0 Å². The van der Waals surface area contributed by atoms with E-state index in [0.717, 1.165) is 6.42 Å². The third-order valence-electron chi connectivity index (χ3n) is 1.67. The molecule has 0 amide bonds. The molecule has 0 radical (unpaired) electrons. The first-order valence-electron chi connectivity index (χ1n) is 4.35. The van der Waals surface area contributed by atoms with Gasteiger partial charge in [-0.05, 0) is 6.42 Å². The number of hydrogen-bond donors (Lipinski definition) is 0. The van der Waals surface area contributed by atoms with Crippen molar-refractivity contribution in [2.24, 2.45) is 0 Å². The van der Waals surface area contributed by atoms with E-state index in [9.17, 15) is 0 Å². The van der Waals surface area contributed by atoms with Crippen LogP contribution in [0.3, 0.4) is 0 Å². The quantitative estimate of drug-likeness (QED) is 0.290. The van der Waals surface area contributed by atoms with E-state index in [1.54, 1.807) is 0 Å². The van der Waals surface area contributed by atoms with Crippen molar-refractivity contribution in [3.63, 3.8) is 0 Å². The van der Waals surface area contributed by atoms with Crippen molar-refractivity contribution in [2.45, 2.75) is 51.9 Å². The van der Waals surface area contributed by atoms with Crippen molar-refractivity contribution in [2.75, 3.05) is 0 Å². The van der Waals surface area contributed by atoms with Crippen molar-refractivity contribution in [3.8, 4) is 12.3 Å². The second kappa shape index (κ2) is 12.8. The molecule has 0 bridgehead atoms. The van der Waals surface area contributed by atoms with Gasteiger partial charge in [0.15, 0.2) is 0 Å². The van der Waals surface area contributed by atoms with E-state index in [4.69, 9.17) is 6.42 Å². The Morgan fingerprint density at radius 3 is 2.18 bits per heavy atom. The van der Waals surface area contributed by atoms with Crippen molar-refractivity contribution < 1.29 is 20.3 Å². The van der Waals surface area contributed by atoms with Crippen LogP contribution in [0.4, 0.5) is 0 Å². The first-order chi connectivity index (χ1) is 4.91.